The monoisotopic (exact) mass is 227 g/mol. The van der Waals surface area contributed by atoms with E-state index in [4.69, 9.17) is 5.73 Å². The number of aryl methyl sites for hydroxylation is 1. The molecule has 0 spiro atoms. The van der Waals surface area contributed by atoms with Crippen LogP contribution >= 0.6 is 0 Å². The smallest absolute Gasteiger partial charge is 0.0969 e. The van der Waals surface area contributed by atoms with Crippen molar-refractivity contribution in [2.75, 3.05) is 0 Å². The van der Waals surface area contributed by atoms with E-state index in [1.807, 2.05) is 12.1 Å². The fourth-order valence-corrected chi connectivity index (χ4v) is 2.30. The van der Waals surface area contributed by atoms with Gasteiger partial charge in [-0.25, -0.2) is 0 Å². The number of fused-ring (bicyclic) bond motifs is 1. The van der Waals surface area contributed by atoms with Crippen LogP contribution in [0.3, 0.4) is 0 Å². The summed E-state index contributed by atoms with van der Waals surface area (Å²) in [5, 5.41) is 12.6. The zero-order chi connectivity index (χ0) is 12.0. The topological polar surface area (TPSA) is 46.2 Å². The zero-order valence-electron chi connectivity index (χ0n) is 9.98. The highest BCUT2D eigenvalue weighted by atomic mass is 16.3. The second-order valence-electron chi connectivity index (χ2n) is 5.25. The van der Waals surface area contributed by atoms with Gasteiger partial charge in [0.05, 0.1) is 6.10 Å². The van der Waals surface area contributed by atoms with Crippen LogP contribution in [0, 0.1) is 6.92 Å². The van der Waals surface area contributed by atoms with Crippen molar-refractivity contribution in [1.29, 1.82) is 0 Å². The predicted octanol–water partition coefficient (Wildman–Crippen LogP) is 2.67. The van der Waals surface area contributed by atoms with Crippen molar-refractivity contribution in [3.05, 3.63) is 47.5 Å². The van der Waals surface area contributed by atoms with Gasteiger partial charge in [-0.3, -0.25) is 0 Å². The number of hydrogen-bond acceptors (Lipinski definition) is 2. The Labute approximate surface area is 101 Å². The molecule has 0 aliphatic heterocycles. The summed E-state index contributed by atoms with van der Waals surface area (Å²) >= 11 is 0. The number of aliphatic hydroxyl groups excluding tert-OH is 1. The lowest BCUT2D eigenvalue weighted by Crippen LogP contribution is -2.30. The molecule has 2 heteroatoms. The van der Waals surface area contributed by atoms with Gasteiger partial charge in [-0.05, 0) is 42.2 Å². The van der Waals surface area contributed by atoms with E-state index in [-0.39, 0.29) is 5.54 Å². The molecule has 2 nitrogen and oxygen atoms in total. The van der Waals surface area contributed by atoms with Crippen molar-refractivity contribution >= 4 is 10.8 Å². The molecule has 2 aromatic carbocycles. The SMILES string of the molecule is Cc1ccc2cc(C(O)C3(N)CC3)ccc2c1. The molecule has 1 atom stereocenters. The van der Waals surface area contributed by atoms with Crippen LogP contribution in [-0.2, 0) is 0 Å². The average molecular weight is 227 g/mol. The molecule has 0 amide bonds. The lowest BCUT2D eigenvalue weighted by molar-refractivity contribution is 0.136. The summed E-state index contributed by atoms with van der Waals surface area (Å²) in [5.41, 5.74) is 7.85. The molecule has 1 saturated carbocycles. The van der Waals surface area contributed by atoms with Crippen molar-refractivity contribution in [3.8, 4) is 0 Å². The lowest BCUT2D eigenvalue weighted by atomic mass is 9.97. The van der Waals surface area contributed by atoms with Gasteiger partial charge in [-0.2, -0.15) is 0 Å². The van der Waals surface area contributed by atoms with Crippen LogP contribution in [0.25, 0.3) is 10.8 Å². The second kappa shape index (κ2) is 3.56. The maximum Gasteiger partial charge on any atom is 0.0969 e. The largest absolute Gasteiger partial charge is 0.386 e. The summed E-state index contributed by atoms with van der Waals surface area (Å²) in [6, 6.07) is 12.4. The van der Waals surface area contributed by atoms with Crippen LogP contribution < -0.4 is 5.73 Å². The molecule has 1 aliphatic carbocycles. The summed E-state index contributed by atoms with van der Waals surface area (Å²) in [7, 11) is 0. The van der Waals surface area contributed by atoms with Crippen LogP contribution in [0.4, 0.5) is 0 Å². The highest BCUT2D eigenvalue weighted by Gasteiger charge is 2.45. The van der Waals surface area contributed by atoms with Gasteiger partial charge in [-0.1, -0.05) is 35.9 Å². The van der Waals surface area contributed by atoms with E-state index in [0.717, 1.165) is 23.8 Å². The van der Waals surface area contributed by atoms with E-state index in [9.17, 15) is 5.11 Å². The number of hydrogen-bond donors (Lipinski definition) is 2. The third-order valence-electron chi connectivity index (χ3n) is 3.71. The van der Waals surface area contributed by atoms with Crippen LogP contribution in [0.1, 0.15) is 30.1 Å². The molecule has 0 bridgehead atoms. The van der Waals surface area contributed by atoms with E-state index in [1.165, 1.54) is 10.9 Å². The van der Waals surface area contributed by atoms with Gasteiger partial charge in [0.25, 0.3) is 0 Å². The van der Waals surface area contributed by atoms with Gasteiger partial charge in [0.15, 0.2) is 0 Å². The fraction of sp³-hybridized carbons (Fsp3) is 0.333. The van der Waals surface area contributed by atoms with E-state index in [1.54, 1.807) is 0 Å². The highest BCUT2D eigenvalue weighted by Crippen LogP contribution is 2.43. The van der Waals surface area contributed by atoms with Crippen LogP contribution in [0.2, 0.25) is 0 Å². The fourth-order valence-electron chi connectivity index (χ4n) is 2.30. The highest BCUT2D eigenvalue weighted by molar-refractivity contribution is 5.83. The van der Waals surface area contributed by atoms with Crippen LogP contribution in [0.15, 0.2) is 36.4 Å². The molecule has 3 rings (SSSR count). The first-order chi connectivity index (χ1) is 8.08. The van der Waals surface area contributed by atoms with Crippen LogP contribution in [0.5, 0.6) is 0 Å². The molecule has 1 unspecified atom stereocenters. The Kier molecular flexibility index (Phi) is 2.25. The first-order valence-corrected chi connectivity index (χ1v) is 6.06. The number of nitrogens with two attached hydrogens (primary N) is 1. The second-order valence-corrected chi connectivity index (χ2v) is 5.25. The Bertz CT molecular complexity index is 572. The van der Waals surface area contributed by atoms with E-state index in [0.29, 0.717) is 0 Å². The van der Waals surface area contributed by atoms with Crippen molar-refractivity contribution in [3.63, 3.8) is 0 Å². The average Bonchev–Trinajstić information content (AvgIpc) is 3.07. The van der Waals surface area contributed by atoms with Gasteiger partial charge < -0.3 is 10.8 Å². The molecule has 0 aromatic heterocycles. The molecular weight excluding hydrogens is 210 g/mol. The third-order valence-corrected chi connectivity index (χ3v) is 3.71. The third kappa shape index (κ3) is 1.84. The normalized spacial score (nSPS) is 19.2. The molecule has 3 N–H and O–H groups in total. The summed E-state index contributed by atoms with van der Waals surface area (Å²) < 4.78 is 0. The molecule has 1 fully saturated rings. The lowest BCUT2D eigenvalue weighted by Gasteiger charge is -2.18. The van der Waals surface area contributed by atoms with Gasteiger partial charge in [0.1, 0.15) is 0 Å². The van der Waals surface area contributed by atoms with Crippen molar-refractivity contribution in [2.45, 2.75) is 31.4 Å². The molecule has 0 heterocycles. The first-order valence-electron chi connectivity index (χ1n) is 6.06. The van der Waals surface area contributed by atoms with Crippen LogP contribution in [-0.4, -0.2) is 10.6 Å². The predicted molar refractivity (Wildman–Crippen MR) is 69.8 cm³/mol. The Morgan fingerprint density at radius 2 is 1.76 bits per heavy atom. The number of aliphatic hydroxyl groups is 1. The van der Waals surface area contributed by atoms with Crippen molar-refractivity contribution < 1.29 is 5.11 Å². The molecular formula is C15H17NO. The Morgan fingerprint density at radius 3 is 2.47 bits per heavy atom. The Hall–Kier alpha value is -1.38. The standard InChI is InChI=1S/C15H17NO/c1-10-2-3-12-9-13(5-4-11(12)8-10)14(17)15(16)6-7-15/h2-5,8-9,14,17H,6-7,16H2,1H3. The number of benzene rings is 2. The molecule has 0 saturated heterocycles. The molecule has 88 valence electrons. The van der Waals surface area contributed by atoms with Gasteiger partial charge in [-0.15, -0.1) is 0 Å². The van der Waals surface area contributed by atoms with E-state index < -0.39 is 6.10 Å². The summed E-state index contributed by atoms with van der Waals surface area (Å²) in [6.45, 7) is 2.08. The zero-order valence-corrected chi connectivity index (χ0v) is 9.98. The summed E-state index contributed by atoms with van der Waals surface area (Å²) in [4.78, 5) is 0. The van der Waals surface area contributed by atoms with E-state index in [2.05, 4.69) is 31.2 Å². The molecule has 1 aliphatic rings. The minimum absolute atomic E-state index is 0.377. The molecule has 2 aromatic rings. The van der Waals surface area contributed by atoms with E-state index >= 15 is 0 Å². The summed E-state index contributed by atoms with van der Waals surface area (Å²) in [6.07, 6.45) is 1.30. The maximum absolute atomic E-state index is 10.2. The van der Waals surface area contributed by atoms with Gasteiger partial charge in [0.2, 0.25) is 0 Å². The molecule has 17 heavy (non-hydrogen) atoms. The Balaban J connectivity index is 2.04. The minimum atomic E-state index is -0.534. The number of rotatable bonds is 2. The summed E-state index contributed by atoms with van der Waals surface area (Å²) in [5.74, 6) is 0. The quantitative estimate of drug-likeness (QED) is 0.828. The van der Waals surface area contributed by atoms with Crippen molar-refractivity contribution in [1.82, 2.24) is 0 Å². The first kappa shape index (κ1) is 10.8. The Morgan fingerprint density at radius 1 is 1.12 bits per heavy atom. The maximum atomic E-state index is 10.2. The minimum Gasteiger partial charge on any atom is -0.386 e. The van der Waals surface area contributed by atoms with Gasteiger partial charge >= 0.3 is 0 Å². The van der Waals surface area contributed by atoms with Crippen molar-refractivity contribution in [2.24, 2.45) is 5.73 Å². The molecule has 0 radical (unpaired) electrons. The van der Waals surface area contributed by atoms with Gasteiger partial charge in [0, 0.05) is 5.54 Å².